The molecule has 0 radical (unpaired) electrons. The highest BCUT2D eigenvalue weighted by molar-refractivity contribution is 7.98. The van der Waals surface area contributed by atoms with Gasteiger partial charge in [-0.15, -0.1) is 0 Å². The predicted molar refractivity (Wildman–Crippen MR) is 141 cm³/mol. The first-order chi connectivity index (χ1) is 17.5. The number of hydrogen-bond acceptors (Lipinski definition) is 8. The molecular weight excluding hydrogens is 477 g/mol. The largest absolute Gasteiger partial charge is 0.453 e. The van der Waals surface area contributed by atoms with Gasteiger partial charge in [0, 0.05) is 36.2 Å². The van der Waals surface area contributed by atoms with Gasteiger partial charge in [-0.05, 0) is 81.4 Å². The summed E-state index contributed by atoms with van der Waals surface area (Å²) in [6, 6.07) is 12.5. The van der Waals surface area contributed by atoms with Crippen molar-refractivity contribution < 1.29 is 13.9 Å². The fraction of sp³-hybridized carbons (Fsp3) is 0.407. The van der Waals surface area contributed by atoms with Crippen molar-refractivity contribution in [2.45, 2.75) is 37.7 Å². The molecule has 2 fully saturated rings. The molecule has 1 spiro atoms. The van der Waals surface area contributed by atoms with Crippen LogP contribution in [0.15, 0.2) is 42.6 Å². The molecule has 0 amide bonds. The van der Waals surface area contributed by atoms with Crippen LogP contribution < -0.4 is 14.8 Å². The minimum atomic E-state index is -0.590. The van der Waals surface area contributed by atoms with Crippen molar-refractivity contribution in [3.05, 3.63) is 59.5 Å². The maximum atomic E-state index is 14.8. The van der Waals surface area contributed by atoms with Crippen molar-refractivity contribution in [1.29, 1.82) is 5.26 Å². The zero-order chi connectivity index (χ0) is 25.1. The highest BCUT2D eigenvalue weighted by Gasteiger charge is 2.41. The van der Waals surface area contributed by atoms with Crippen molar-refractivity contribution in [1.82, 2.24) is 14.6 Å². The second-order valence-corrected chi connectivity index (χ2v) is 10.4. The standard InChI is InChI=1S/C27H30FN5O2S/c1-3-33(2)36-32-25-7-5-23(28)26(22(25)15-29)35-21-4-6-24-18(13-21)12-19(16-31-24)20-14-27(34-17-20)8-10-30-11-9-27/h4-7,12-13,16,20,30,32H,3,8-11,14,17H2,1-2H3. The fourth-order valence-corrected chi connectivity index (χ4v) is 5.42. The molecule has 5 rings (SSSR count). The van der Waals surface area contributed by atoms with Gasteiger partial charge < -0.3 is 19.5 Å². The number of nitrogens with zero attached hydrogens (tertiary/aromatic N) is 3. The third-order valence-electron chi connectivity index (χ3n) is 7.07. The van der Waals surface area contributed by atoms with Crippen LogP contribution in [0.4, 0.5) is 10.1 Å². The maximum absolute atomic E-state index is 14.8. The number of benzene rings is 2. The van der Waals surface area contributed by atoms with Crippen LogP contribution in [0.2, 0.25) is 0 Å². The first-order valence-corrected chi connectivity index (χ1v) is 13.1. The highest BCUT2D eigenvalue weighted by Crippen LogP contribution is 2.42. The summed E-state index contributed by atoms with van der Waals surface area (Å²) in [7, 11) is 1.92. The normalized spacial score (nSPS) is 19.0. The highest BCUT2D eigenvalue weighted by atomic mass is 32.2. The van der Waals surface area contributed by atoms with Gasteiger partial charge in [0.25, 0.3) is 0 Å². The summed E-state index contributed by atoms with van der Waals surface area (Å²) >= 11 is 1.34. The number of nitrogens with one attached hydrogen (secondary N) is 2. The average molecular weight is 508 g/mol. The number of halogens is 1. The first kappa shape index (κ1) is 24.8. The molecular formula is C27H30FN5O2S. The smallest absolute Gasteiger partial charge is 0.182 e. The summed E-state index contributed by atoms with van der Waals surface area (Å²) < 4.78 is 32.1. The lowest BCUT2D eigenvalue weighted by Crippen LogP contribution is -2.41. The molecule has 1 aromatic heterocycles. The quantitative estimate of drug-likeness (QED) is 0.401. The van der Waals surface area contributed by atoms with Gasteiger partial charge in [0.2, 0.25) is 0 Å². The van der Waals surface area contributed by atoms with Crippen molar-refractivity contribution in [3.63, 3.8) is 0 Å². The second kappa shape index (κ2) is 10.6. The van der Waals surface area contributed by atoms with Gasteiger partial charge in [-0.25, -0.2) is 8.70 Å². The molecule has 2 aliphatic rings. The molecule has 0 aliphatic carbocycles. The minimum absolute atomic E-state index is 0.0235. The van der Waals surface area contributed by atoms with E-state index in [1.54, 1.807) is 12.1 Å². The molecule has 188 valence electrons. The Balaban J connectivity index is 1.39. The van der Waals surface area contributed by atoms with E-state index in [0.717, 1.165) is 55.4 Å². The van der Waals surface area contributed by atoms with Crippen LogP contribution in [0, 0.1) is 17.1 Å². The third kappa shape index (κ3) is 5.13. The van der Waals surface area contributed by atoms with Gasteiger partial charge in [0.1, 0.15) is 17.4 Å². The predicted octanol–water partition coefficient (Wildman–Crippen LogP) is 5.59. The molecule has 0 saturated carbocycles. The molecule has 2 aliphatic heterocycles. The Morgan fingerprint density at radius 3 is 2.92 bits per heavy atom. The zero-order valence-corrected chi connectivity index (χ0v) is 21.3. The van der Waals surface area contributed by atoms with Crippen LogP contribution in [-0.4, -0.2) is 48.2 Å². The number of nitriles is 1. The van der Waals surface area contributed by atoms with E-state index >= 15 is 0 Å². The van der Waals surface area contributed by atoms with Crippen LogP contribution >= 0.6 is 12.1 Å². The van der Waals surface area contributed by atoms with E-state index in [4.69, 9.17) is 9.47 Å². The van der Waals surface area contributed by atoms with E-state index in [-0.39, 0.29) is 16.9 Å². The van der Waals surface area contributed by atoms with Crippen molar-refractivity contribution in [2.24, 2.45) is 0 Å². The molecule has 3 heterocycles. The summed E-state index contributed by atoms with van der Waals surface area (Å²) in [6.07, 6.45) is 5.01. The number of pyridine rings is 1. The van der Waals surface area contributed by atoms with E-state index in [1.807, 2.05) is 36.6 Å². The number of fused-ring (bicyclic) bond motifs is 1. The van der Waals surface area contributed by atoms with E-state index in [0.29, 0.717) is 24.0 Å². The second-order valence-electron chi connectivity index (χ2n) is 9.42. The number of anilines is 1. The van der Waals surface area contributed by atoms with Gasteiger partial charge in [-0.2, -0.15) is 5.26 Å². The summed E-state index contributed by atoms with van der Waals surface area (Å²) in [5.74, 6) is 0.0644. The molecule has 2 N–H and O–H groups in total. The van der Waals surface area contributed by atoms with Gasteiger partial charge in [0.05, 0.1) is 23.4 Å². The lowest BCUT2D eigenvalue weighted by molar-refractivity contribution is -0.0193. The van der Waals surface area contributed by atoms with E-state index < -0.39 is 5.82 Å². The van der Waals surface area contributed by atoms with Crippen LogP contribution in [0.1, 0.15) is 43.2 Å². The Kier molecular flexibility index (Phi) is 7.30. The summed E-state index contributed by atoms with van der Waals surface area (Å²) in [6.45, 7) is 5.52. The molecule has 1 unspecified atom stereocenters. The van der Waals surface area contributed by atoms with Crippen molar-refractivity contribution in [2.75, 3.05) is 38.0 Å². The Morgan fingerprint density at radius 2 is 2.14 bits per heavy atom. The number of rotatable bonds is 7. The molecule has 2 saturated heterocycles. The van der Waals surface area contributed by atoms with Gasteiger partial charge >= 0.3 is 0 Å². The number of hydrogen-bond donors (Lipinski definition) is 2. The zero-order valence-electron chi connectivity index (χ0n) is 20.5. The van der Waals surface area contributed by atoms with E-state index in [2.05, 4.69) is 27.2 Å². The Hall–Kier alpha value is -2.90. The molecule has 0 bridgehead atoms. The van der Waals surface area contributed by atoms with Crippen molar-refractivity contribution in [3.8, 4) is 17.6 Å². The molecule has 2 aromatic carbocycles. The lowest BCUT2D eigenvalue weighted by Gasteiger charge is -2.33. The van der Waals surface area contributed by atoms with Crippen LogP contribution in [0.5, 0.6) is 11.5 Å². The summed E-state index contributed by atoms with van der Waals surface area (Å²) in [5.41, 5.74) is 2.57. The maximum Gasteiger partial charge on any atom is 0.182 e. The van der Waals surface area contributed by atoms with E-state index in [1.165, 1.54) is 18.2 Å². The first-order valence-electron chi connectivity index (χ1n) is 12.3. The van der Waals surface area contributed by atoms with Crippen LogP contribution in [0.25, 0.3) is 10.9 Å². The van der Waals surface area contributed by atoms with Gasteiger partial charge in [-0.1, -0.05) is 6.92 Å². The summed E-state index contributed by atoms with van der Waals surface area (Å²) in [5, 5.41) is 14.1. The van der Waals surface area contributed by atoms with Gasteiger partial charge in [-0.3, -0.25) is 4.98 Å². The molecule has 3 aromatic rings. The lowest BCUT2D eigenvalue weighted by atomic mass is 9.84. The molecule has 1 atom stereocenters. The fourth-order valence-electron chi connectivity index (χ4n) is 4.87. The Bertz CT molecular complexity index is 1290. The topological polar surface area (TPSA) is 82.4 Å². The molecule has 9 heteroatoms. The average Bonchev–Trinajstić information content (AvgIpc) is 3.31. The Labute approximate surface area is 215 Å². The van der Waals surface area contributed by atoms with Gasteiger partial charge in [0.15, 0.2) is 11.6 Å². The minimum Gasteiger partial charge on any atom is -0.453 e. The van der Waals surface area contributed by atoms with Crippen LogP contribution in [0.3, 0.4) is 0 Å². The van der Waals surface area contributed by atoms with E-state index in [9.17, 15) is 9.65 Å². The SMILES string of the molecule is CCN(C)SNc1ccc(F)c(Oc2ccc3ncc(C4COC5(CCNCC5)C4)cc3c2)c1C#N. The third-order valence-corrected chi connectivity index (χ3v) is 7.95. The number of piperidine rings is 1. The molecule has 36 heavy (non-hydrogen) atoms. The number of aromatic nitrogens is 1. The molecule has 7 nitrogen and oxygen atoms in total. The summed E-state index contributed by atoms with van der Waals surface area (Å²) in [4.78, 5) is 4.65. The van der Waals surface area contributed by atoms with Crippen LogP contribution in [-0.2, 0) is 4.74 Å². The monoisotopic (exact) mass is 507 g/mol. The Morgan fingerprint density at radius 1 is 1.31 bits per heavy atom. The van der Waals surface area contributed by atoms with Crippen molar-refractivity contribution >= 4 is 28.7 Å². The number of ether oxygens (including phenoxy) is 2.